The molecule has 4 rings (SSSR count). The number of carbonyl (C=O) groups is 1. The third kappa shape index (κ3) is 5.78. The van der Waals surface area contributed by atoms with Gasteiger partial charge in [-0.05, 0) is 112 Å². The molecule has 0 bridgehead atoms. The first-order valence-electron chi connectivity index (χ1n) is 12.3. The van der Waals surface area contributed by atoms with Crippen LogP contribution in [-0.2, 0) is 4.79 Å². The predicted molar refractivity (Wildman–Crippen MR) is 116 cm³/mol. The van der Waals surface area contributed by atoms with Gasteiger partial charge in [0.1, 0.15) is 11.5 Å². The van der Waals surface area contributed by atoms with Crippen LogP contribution in [0.4, 0.5) is 8.78 Å². The topological polar surface area (TPSA) is 35.5 Å². The van der Waals surface area contributed by atoms with Crippen LogP contribution in [0.25, 0.3) is 0 Å². The van der Waals surface area contributed by atoms with Gasteiger partial charge in [-0.3, -0.25) is 4.79 Å². The van der Waals surface area contributed by atoms with Gasteiger partial charge in [-0.1, -0.05) is 19.8 Å². The van der Waals surface area contributed by atoms with Crippen LogP contribution in [0.2, 0.25) is 0 Å². The smallest absolute Gasteiger partial charge is 0.387 e. The summed E-state index contributed by atoms with van der Waals surface area (Å²) in [5, 5.41) is 0. The molecule has 0 spiro atoms. The van der Waals surface area contributed by atoms with E-state index in [0.29, 0.717) is 5.75 Å². The second-order valence-corrected chi connectivity index (χ2v) is 10.1. The van der Waals surface area contributed by atoms with Gasteiger partial charge in [0.2, 0.25) is 0 Å². The van der Waals surface area contributed by atoms with Crippen LogP contribution in [0, 0.1) is 35.5 Å². The van der Waals surface area contributed by atoms with Gasteiger partial charge in [-0.15, -0.1) is 0 Å². The van der Waals surface area contributed by atoms with Crippen LogP contribution in [-0.4, -0.2) is 12.6 Å². The minimum absolute atomic E-state index is 0.0513. The Morgan fingerprint density at radius 2 is 1.39 bits per heavy atom. The lowest BCUT2D eigenvalue weighted by Gasteiger charge is -2.45. The molecule has 3 fully saturated rings. The molecule has 0 aromatic heterocycles. The molecule has 4 unspecified atom stereocenters. The maximum absolute atomic E-state index is 12.6. The third-order valence-corrected chi connectivity index (χ3v) is 8.38. The average molecular weight is 435 g/mol. The van der Waals surface area contributed by atoms with Gasteiger partial charge in [-0.2, -0.15) is 8.78 Å². The van der Waals surface area contributed by atoms with E-state index in [1.54, 1.807) is 0 Å². The van der Waals surface area contributed by atoms with E-state index < -0.39 is 6.61 Å². The fourth-order valence-corrected chi connectivity index (χ4v) is 6.54. The largest absolute Gasteiger partial charge is 0.435 e. The Hall–Kier alpha value is -1.65. The molecule has 0 N–H and O–H groups in total. The lowest BCUT2D eigenvalue weighted by molar-refractivity contribution is -0.140. The molecule has 5 heteroatoms. The molecule has 0 aliphatic heterocycles. The summed E-state index contributed by atoms with van der Waals surface area (Å²) in [7, 11) is 0. The van der Waals surface area contributed by atoms with Crippen molar-refractivity contribution in [3.8, 4) is 11.5 Å². The van der Waals surface area contributed by atoms with Crippen LogP contribution in [0.5, 0.6) is 11.5 Å². The molecule has 0 amide bonds. The fourth-order valence-electron chi connectivity index (χ4n) is 6.54. The van der Waals surface area contributed by atoms with Gasteiger partial charge in [0, 0.05) is 0 Å². The lowest BCUT2D eigenvalue weighted by atomic mass is 9.61. The minimum atomic E-state index is -2.86. The number of fused-ring (bicyclic) bond motifs is 1. The Balaban J connectivity index is 1.22. The molecular weight excluding hydrogens is 398 g/mol. The predicted octanol–water partition coefficient (Wildman–Crippen LogP) is 7.24. The second kappa shape index (κ2) is 10.3. The van der Waals surface area contributed by atoms with Crippen molar-refractivity contribution in [2.24, 2.45) is 35.5 Å². The molecule has 0 radical (unpaired) electrons. The molecule has 3 aliphatic carbocycles. The standard InChI is InChI=1S/C26H36F2O3/c1-2-17-3-4-22-16-21(10-9-20(22)15-17)18-5-7-19(8-6-18)25(29)30-23-11-13-24(14-12-23)31-26(27)28/h11-14,17-22,26H,2-10,15-16H2,1H3. The zero-order valence-corrected chi connectivity index (χ0v) is 18.6. The average Bonchev–Trinajstić information content (AvgIpc) is 2.79. The Kier molecular flexibility index (Phi) is 7.50. The molecule has 3 saturated carbocycles. The maximum atomic E-state index is 12.6. The summed E-state index contributed by atoms with van der Waals surface area (Å²) in [6, 6.07) is 5.81. The summed E-state index contributed by atoms with van der Waals surface area (Å²) in [6.45, 7) is -0.512. The highest BCUT2D eigenvalue weighted by Gasteiger charge is 2.39. The number of hydrogen-bond acceptors (Lipinski definition) is 3. The van der Waals surface area contributed by atoms with Gasteiger partial charge in [0.25, 0.3) is 0 Å². The molecule has 1 aromatic rings. The highest BCUT2D eigenvalue weighted by atomic mass is 19.3. The van der Waals surface area contributed by atoms with Gasteiger partial charge in [0.15, 0.2) is 0 Å². The zero-order valence-electron chi connectivity index (χ0n) is 18.6. The summed E-state index contributed by atoms with van der Waals surface area (Å²) in [6.07, 6.45) is 13.9. The van der Waals surface area contributed by atoms with Crippen molar-refractivity contribution < 1.29 is 23.0 Å². The van der Waals surface area contributed by atoms with E-state index in [-0.39, 0.29) is 17.6 Å². The van der Waals surface area contributed by atoms with Gasteiger partial charge < -0.3 is 9.47 Å². The molecule has 0 saturated heterocycles. The number of hydrogen-bond donors (Lipinski definition) is 0. The van der Waals surface area contributed by atoms with Gasteiger partial charge >= 0.3 is 12.6 Å². The summed E-state index contributed by atoms with van der Waals surface area (Å²) < 4.78 is 34.3. The van der Waals surface area contributed by atoms with Crippen molar-refractivity contribution in [1.82, 2.24) is 0 Å². The SMILES string of the molecule is CCC1CCC2CC(C3CCC(C(=O)Oc4ccc(OC(F)F)cc4)CC3)CCC2C1. The molecular formula is C26H36F2O3. The summed E-state index contributed by atoms with van der Waals surface area (Å²) in [5.74, 6) is 4.70. The van der Waals surface area contributed by atoms with E-state index in [4.69, 9.17) is 4.74 Å². The van der Waals surface area contributed by atoms with E-state index in [1.807, 2.05) is 0 Å². The Morgan fingerprint density at radius 1 is 0.839 bits per heavy atom. The molecule has 0 heterocycles. The van der Waals surface area contributed by atoms with Crippen molar-refractivity contribution in [2.45, 2.75) is 84.2 Å². The van der Waals surface area contributed by atoms with Crippen molar-refractivity contribution in [3.05, 3.63) is 24.3 Å². The first kappa shape index (κ1) is 22.5. The van der Waals surface area contributed by atoms with E-state index in [0.717, 1.165) is 55.3 Å². The van der Waals surface area contributed by atoms with Crippen LogP contribution >= 0.6 is 0 Å². The van der Waals surface area contributed by atoms with Crippen LogP contribution in [0.1, 0.15) is 77.6 Å². The number of benzene rings is 1. The first-order chi connectivity index (χ1) is 15.0. The second-order valence-electron chi connectivity index (χ2n) is 10.1. The lowest BCUT2D eigenvalue weighted by Crippen LogP contribution is -2.35. The Labute approximate surface area is 184 Å². The number of alkyl halides is 2. The van der Waals surface area contributed by atoms with Gasteiger partial charge in [0.05, 0.1) is 5.92 Å². The number of halogens is 2. The maximum Gasteiger partial charge on any atom is 0.387 e. The van der Waals surface area contributed by atoms with Crippen LogP contribution < -0.4 is 9.47 Å². The highest BCUT2D eigenvalue weighted by molar-refractivity contribution is 5.75. The van der Waals surface area contributed by atoms with Crippen molar-refractivity contribution >= 4 is 5.97 Å². The van der Waals surface area contributed by atoms with E-state index in [9.17, 15) is 13.6 Å². The zero-order chi connectivity index (χ0) is 21.8. The minimum Gasteiger partial charge on any atom is -0.435 e. The number of carbonyl (C=O) groups excluding carboxylic acids is 1. The van der Waals surface area contributed by atoms with Gasteiger partial charge in [-0.25, -0.2) is 0 Å². The summed E-state index contributed by atoms with van der Waals surface area (Å²) in [5.41, 5.74) is 0. The van der Waals surface area contributed by atoms with E-state index >= 15 is 0 Å². The highest BCUT2D eigenvalue weighted by Crippen LogP contribution is 2.49. The first-order valence-corrected chi connectivity index (χ1v) is 12.3. The molecule has 31 heavy (non-hydrogen) atoms. The third-order valence-electron chi connectivity index (χ3n) is 8.38. The monoisotopic (exact) mass is 434 g/mol. The molecule has 3 nitrogen and oxygen atoms in total. The number of esters is 1. The number of ether oxygens (including phenoxy) is 2. The quantitative estimate of drug-likeness (QED) is 0.350. The normalized spacial score (nSPS) is 33.5. The van der Waals surface area contributed by atoms with Crippen LogP contribution in [0.3, 0.4) is 0 Å². The van der Waals surface area contributed by atoms with Crippen LogP contribution in [0.15, 0.2) is 24.3 Å². The Bertz CT molecular complexity index is 712. The fraction of sp³-hybridized carbons (Fsp3) is 0.731. The van der Waals surface area contributed by atoms with E-state index in [2.05, 4.69) is 11.7 Å². The molecule has 4 atom stereocenters. The molecule has 3 aliphatic rings. The summed E-state index contributed by atoms with van der Waals surface area (Å²) >= 11 is 0. The molecule has 1 aromatic carbocycles. The molecule has 172 valence electrons. The van der Waals surface area contributed by atoms with Crippen molar-refractivity contribution in [3.63, 3.8) is 0 Å². The van der Waals surface area contributed by atoms with Crippen molar-refractivity contribution in [1.29, 1.82) is 0 Å². The van der Waals surface area contributed by atoms with Crippen molar-refractivity contribution in [2.75, 3.05) is 0 Å². The number of rotatable bonds is 6. The summed E-state index contributed by atoms with van der Waals surface area (Å²) in [4.78, 5) is 12.6. The Morgan fingerprint density at radius 3 is 2.03 bits per heavy atom. The van der Waals surface area contributed by atoms with E-state index in [1.165, 1.54) is 69.2 Å².